The average Bonchev–Trinajstić information content (AvgIpc) is 2.93. The summed E-state index contributed by atoms with van der Waals surface area (Å²) in [4.78, 5) is 27.4. The topological polar surface area (TPSA) is 57.6 Å². The van der Waals surface area contributed by atoms with Crippen LogP contribution in [0.4, 0.5) is 10.1 Å². The Balaban J connectivity index is 1.67. The molecule has 1 N–H and O–H groups in total. The van der Waals surface area contributed by atoms with Gasteiger partial charge in [0.1, 0.15) is 5.82 Å². The summed E-state index contributed by atoms with van der Waals surface area (Å²) >= 11 is 12.0. The molecule has 1 amide bonds. The minimum Gasteiger partial charge on any atom is -0.375 e. The van der Waals surface area contributed by atoms with Gasteiger partial charge in [-0.2, -0.15) is 0 Å². The second kappa shape index (κ2) is 7.84. The van der Waals surface area contributed by atoms with Gasteiger partial charge in [-0.15, -0.1) is 0 Å². The van der Waals surface area contributed by atoms with Gasteiger partial charge in [0.15, 0.2) is 11.4 Å². The molecule has 0 radical (unpaired) electrons. The quantitative estimate of drug-likeness (QED) is 0.555. The highest BCUT2D eigenvalue weighted by molar-refractivity contribution is 6.42. The smallest absolute Gasteiger partial charge is 0.264 e. The number of nitrogens with zero attached hydrogens (tertiary/aromatic N) is 1. The van der Waals surface area contributed by atoms with E-state index in [0.29, 0.717) is 21.3 Å². The monoisotopic (exact) mass is 443 g/mol. The van der Waals surface area contributed by atoms with Gasteiger partial charge in [0, 0.05) is 11.1 Å². The van der Waals surface area contributed by atoms with Crippen LogP contribution in [-0.2, 0) is 16.9 Å². The molecule has 0 saturated carbocycles. The molecule has 1 aliphatic heterocycles. The van der Waals surface area contributed by atoms with E-state index in [4.69, 9.17) is 23.2 Å². The molecular weight excluding hydrogens is 428 g/mol. The Morgan fingerprint density at radius 1 is 1.00 bits per heavy atom. The number of fused-ring (bicyclic) bond motifs is 1. The van der Waals surface area contributed by atoms with Gasteiger partial charge in [-0.05, 0) is 48.0 Å². The number of amides is 1. The molecule has 1 atom stereocenters. The van der Waals surface area contributed by atoms with Crippen LogP contribution in [0.3, 0.4) is 0 Å². The first-order valence-corrected chi connectivity index (χ1v) is 9.92. The molecule has 0 aromatic heterocycles. The fraction of sp³-hybridized carbons (Fsp3) is 0.130. The maximum absolute atomic E-state index is 13.3. The zero-order valence-corrected chi connectivity index (χ0v) is 17.1. The van der Waals surface area contributed by atoms with E-state index in [9.17, 15) is 19.1 Å². The van der Waals surface area contributed by atoms with Gasteiger partial charge in [-0.3, -0.25) is 9.59 Å². The molecule has 1 aliphatic rings. The molecule has 0 saturated heterocycles. The second-order valence-corrected chi connectivity index (χ2v) is 7.94. The largest absolute Gasteiger partial charge is 0.375 e. The van der Waals surface area contributed by atoms with Crippen molar-refractivity contribution < 1.29 is 19.1 Å². The maximum Gasteiger partial charge on any atom is 0.264 e. The van der Waals surface area contributed by atoms with E-state index < -0.39 is 29.5 Å². The van der Waals surface area contributed by atoms with Crippen molar-refractivity contribution in [2.24, 2.45) is 0 Å². The fourth-order valence-electron chi connectivity index (χ4n) is 3.63. The first-order valence-electron chi connectivity index (χ1n) is 9.16. The zero-order valence-electron chi connectivity index (χ0n) is 15.6. The molecule has 30 heavy (non-hydrogen) atoms. The lowest BCUT2D eigenvalue weighted by atomic mass is 9.88. The summed E-state index contributed by atoms with van der Waals surface area (Å²) in [6, 6.07) is 16.8. The fourth-order valence-corrected chi connectivity index (χ4v) is 3.95. The molecule has 7 heteroatoms. The van der Waals surface area contributed by atoms with Gasteiger partial charge >= 0.3 is 0 Å². The third-order valence-corrected chi connectivity index (χ3v) is 5.89. The normalized spacial score (nSPS) is 17.9. The molecule has 0 spiro atoms. The van der Waals surface area contributed by atoms with E-state index in [1.165, 1.54) is 17.0 Å². The first-order chi connectivity index (χ1) is 14.3. The average molecular weight is 444 g/mol. The van der Waals surface area contributed by atoms with E-state index in [0.717, 1.165) is 17.7 Å². The van der Waals surface area contributed by atoms with Gasteiger partial charge in [0.05, 0.1) is 28.7 Å². The Hall–Kier alpha value is -2.73. The minimum absolute atomic E-state index is 0.153. The lowest BCUT2D eigenvalue weighted by Gasteiger charge is -2.23. The van der Waals surface area contributed by atoms with Crippen molar-refractivity contribution in [1.29, 1.82) is 0 Å². The summed E-state index contributed by atoms with van der Waals surface area (Å²) in [5.74, 6) is -1.54. The highest BCUT2D eigenvalue weighted by Crippen LogP contribution is 2.43. The Morgan fingerprint density at radius 3 is 2.40 bits per heavy atom. The van der Waals surface area contributed by atoms with Crippen LogP contribution in [-0.4, -0.2) is 16.8 Å². The summed E-state index contributed by atoms with van der Waals surface area (Å²) < 4.78 is 13.2. The van der Waals surface area contributed by atoms with Crippen molar-refractivity contribution in [3.8, 4) is 0 Å². The molecular formula is C23H16Cl2FNO3. The second-order valence-electron chi connectivity index (χ2n) is 7.12. The Morgan fingerprint density at radius 2 is 1.70 bits per heavy atom. The van der Waals surface area contributed by atoms with Crippen molar-refractivity contribution in [3.63, 3.8) is 0 Å². The Kier molecular flexibility index (Phi) is 5.36. The predicted molar refractivity (Wildman–Crippen MR) is 113 cm³/mol. The molecule has 152 valence electrons. The van der Waals surface area contributed by atoms with Crippen molar-refractivity contribution in [1.82, 2.24) is 0 Å². The van der Waals surface area contributed by atoms with E-state index >= 15 is 0 Å². The molecule has 0 fully saturated rings. The summed E-state index contributed by atoms with van der Waals surface area (Å²) in [7, 11) is 0. The number of anilines is 1. The maximum atomic E-state index is 13.3. The van der Waals surface area contributed by atoms with E-state index in [1.54, 1.807) is 42.5 Å². The number of hydrogen-bond donors (Lipinski definition) is 1. The molecule has 4 nitrogen and oxygen atoms in total. The highest BCUT2D eigenvalue weighted by Gasteiger charge is 2.50. The molecule has 3 aromatic carbocycles. The summed E-state index contributed by atoms with van der Waals surface area (Å²) in [6.45, 7) is 0.153. The summed E-state index contributed by atoms with van der Waals surface area (Å²) in [6.07, 6.45) is -0.452. The third kappa shape index (κ3) is 3.60. The number of benzene rings is 3. The van der Waals surface area contributed by atoms with Crippen LogP contribution in [0.25, 0.3) is 0 Å². The van der Waals surface area contributed by atoms with Crippen molar-refractivity contribution in [3.05, 3.63) is 99.3 Å². The van der Waals surface area contributed by atoms with E-state index in [-0.39, 0.29) is 12.1 Å². The van der Waals surface area contributed by atoms with Crippen LogP contribution in [0, 0.1) is 5.82 Å². The lowest BCUT2D eigenvalue weighted by molar-refractivity contribution is -0.136. The van der Waals surface area contributed by atoms with E-state index in [1.807, 2.05) is 0 Å². The van der Waals surface area contributed by atoms with E-state index in [2.05, 4.69) is 0 Å². The number of hydrogen-bond acceptors (Lipinski definition) is 3. The molecule has 1 heterocycles. The Bertz CT molecular complexity index is 1150. The van der Waals surface area contributed by atoms with Crippen molar-refractivity contribution >= 4 is 40.6 Å². The number of carbonyl (C=O) groups excluding carboxylic acids is 2. The van der Waals surface area contributed by atoms with Gasteiger partial charge in [-0.1, -0.05) is 47.5 Å². The molecule has 0 bridgehead atoms. The predicted octanol–water partition coefficient (Wildman–Crippen LogP) is 5.14. The molecule has 0 unspecified atom stereocenters. The standard InChI is InChI=1S/C23H16Cl2FNO3/c24-18-10-5-14(11-19(18)25)13-27-20-4-2-1-3-17(20)23(30,22(27)29)12-21(28)15-6-8-16(26)9-7-15/h1-11,30H,12-13H2/t23-/m1/s1. The van der Waals surface area contributed by atoms with Crippen LogP contribution in [0.2, 0.25) is 10.0 Å². The molecule has 0 aliphatic carbocycles. The molecule has 3 aromatic rings. The Labute approximate surface area is 182 Å². The van der Waals surface area contributed by atoms with Gasteiger partial charge < -0.3 is 10.0 Å². The first kappa shape index (κ1) is 20.5. The number of rotatable bonds is 5. The lowest BCUT2D eigenvalue weighted by Crippen LogP contribution is -2.41. The van der Waals surface area contributed by atoms with Crippen molar-refractivity contribution in [2.45, 2.75) is 18.6 Å². The number of carbonyl (C=O) groups is 2. The van der Waals surface area contributed by atoms with Crippen LogP contribution in [0.5, 0.6) is 0 Å². The molecule has 4 rings (SSSR count). The number of para-hydroxylation sites is 1. The third-order valence-electron chi connectivity index (χ3n) is 5.15. The number of aliphatic hydroxyl groups is 1. The van der Waals surface area contributed by atoms with Crippen LogP contribution in [0.1, 0.15) is 27.9 Å². The van der Waals surface area contributed by atoms with Crippen LogP contribution in [0.15, 0.2) is 66.7 Å². The van der Waals surface area contributed by atoms with Crippen LogP contribution < -0.4 is 4.90 Å². The number of halogens is 3. The summed E-state index contributed by atoms with van der Waals surface area (Å²) in [5, 5.41) is 12.1. The highest BCUT2D eigenvalue weighted by atomic mass is 35.5. The van der Waals surface area contributed by atoms with Crippen molar-refractivity contribution in [2.75, 3.05) is 4.90 Å². The SMILES string of the molecule is O=C(C[C@]1(O)C(=O)N(Cc2ccc(Cl)c(Cl)c2)c2ccccc21)c1ccc(F)cc1. The number of Topliss-reactive ketones (excluding diaryl/α,β-unsaturated/α-hetero) is 1. The van der Waals surface area contributed by atoms with Gasteiger partial charge in [-0.25, -0.2) is 4.39 Å². The zero-order chi connectivity index (χ0) is 21.5. The minimum atomic E-state index is -2.02. The van der Waals surface area contributed by atoms with Gasteiger partial charge in [0.25, 0.3) is 5.91 Å². The van der Waals surface area contributed by atoms with Gasteiger partial charge in [0.2, 0.25) is 0 Å². The summed E-state index contributed by atoms with van der Waals surface area (Å²) in [5.41, 5.74) is -0.202. The van der Waals surface area contributed by atoms with Crippen LogP contribution >= 0.6 is 23.2 Å². The number of ketones is 1.